The van der Waals surface area contributed by atoms with E-state index in [1.807, 2.05) is 37.3 Å². The number of carbonyl (C=O) groups is 3. The number of hydrogen-bond acceptors (Lipinski definition) is 6. The largest absolute Gasteiger partial charge is 0.494 e. The number of hydrogen-bond donors (Lipinski definition) is 3. The maximum atomic E-state index is 13.8. The van der Waals surface area contributed by atoms with Gasteiger partial charge in [0.1, 0.15) is 11.8 Å². The molecule has 2 aromatic rings. The van der Waals surface area contributed by atoms with E-state index in [1.165, 1.54) is 4.90 Å². The molecule has 0 aliphatic carbocycles. The van der Waals surface area contributed by atoms with Gasteiger partial charge in [-0.15, -0.1) is 11.8 Å². The van der Waals surface area contributed by atoms with Crippen LogP contribution in [0.1, 0.15) is 25.8 Å². The Morgan fingerprint density at radius 1 is 1.14 bits per heavy atom. The average molecular weight is 524 g/mol. The minimum absolute atomic E-state index is 0.0488. The number of thioether (sulfide) groups is 1. The average Bonchev–Trinajstić information content (AvgIpc) is 3.49. The molecule has 0 aromatic heterocycles. The van der Waals surface area contributed by atoms with E-state index < -0.39 is 22.6 Å². The molecule has 8 nitrogen and oxygen atoms in total. The molecule has 2 bridgehead atoms. The molecule has 5 rings (SSSR count). The third kappa shape index (κ3) is 4.38. The van der Waals surface area contributed by atoms with Crippen molar-refractivity contribution in [3.8, 4) is 5.75 Å². The van der Waals surface area contributed by atoms with Crippen molar-refractivity contribution in [2.24, 2.45) is 17.8 Å². The van der Waals surface area contributed by atoms with E-state index in [0.717, 1.165) is 17.7 Å². The van der Waals surface area contributed by atoms with Crippen LogP contribution >= 0.6 is 11.8 Å². The Morgan fingerprint density at radius 2 is 1.86 bits per heavy atom. The standard InChI is InChI=1S/C28H33N3O5S/c1-3-36-20-11-9-19(10-12-20)30-25(33)22-21-15-17(2)28(37-21)23(22)27(35)31(13-14-32)24(28)26(34)29-16-18-7-5-4-6-8-18/h4-12,17,21-24,32H,3,13-16H2,1-2H3,(H,29,34)(H,30,33)/t17?,21-,22+,23-,24?,28?/m0/s1. The molecule has 1 spiro atoms. The number of likely N-dealkylation sites (tertiary alicyclic amines) is 1. The predicted octanol–water partition coefficient (Wildman–Crippen LogP) is 2.67. The van der Waals surface area contributed by atoms with Crippen LogP contribution in [-0.2, 0) is 20.9 Å². The van der Waals surface area contributed by atoms with Crippen LogP contribution in [0.25, 0.3) is 0 Å². The molecule has 0 saturated carbocycles. The molecule has 3 unspecified atom stereocenters. The summed E-state index contributed by atoms with van der Waals surface area (Å²) in [5, 5.41) is 15.7. The van der Waals surface area contributed by atoms with Gasteiger partial charge < -0.3 is 25.4 Å². The number of β-amino-alcohol motifs (C(OH)–C–C–N with tert-alkyl or cyclic N) is 1. The third-order valence-electron chi connectivity index (χ3n) is 7.88. The van der Waals surface area contributed by atoms with Crippen LogP contribution in [0.4, 0.5) is 5.69 Å². The lowest BCUT2D eigenvalue weighted by Crippen LogP contribution is -2.56. The minimum atomic E-state index is -0.742. The summed E-state index contributed by atoms with van der Waals surface area (Å²) in [6, 6.07) is 16.1. The molecule has 3 aliphatic heterocycles. The van der Waals surface area contributed by atoms with Gasteiger partial charge in [0.25, 0.3) is 0 Å². The van der Waals surface area contributed by atoms with Crippen molar-refractivity contribution in [3.05, 3.63) is 60.2 Å². The number of ether oxygens (including phenoxy) is 1. The van der Waals surface area contributed by atoms with Gasteiger partial charge in [-0.25, -0.2) is 0 Å². The molecule has 0 radical (unpaired) electrons. The number of carbonyl (C=O) groups excluding carboxylic acids is 3. The highest BCUT2D eigenvalue weighted by atomic mass is 32.2. The normalized spacial score (nSPS) is 29.8. The number of fused-ring (bicyclic) bond motifs is 1. The second kappa shape index (κ2) is 10.4. The van der Waals surface area contributed by atoms with Gasteiger partial charge in [-0.3, -0.25) is 14.4 Å². The Balaban J connectivity index is 1.40. The molecule has 3 saturated heterocycles. The number of aliphatic hydroxyl groups is 1. The number of rotatable bonds is 9. The third-order valence-corrected chi connectivity index (χ3v) is 9.96. The molecule has 3 N–H and O–H groups in total. The van der Waals surface area contributed by atoms with Gasteiger partial charge in [-0.2, -0.15) is 0 Å². The zero-order valence-corrected chi connectivity index (χ0v) is 21.9. The van der Waals surface area contributed by atoms with Crippen LogP contribution in [-0.4, -0.2) is 63.5 Å². The first-order chi connectivity index (χ1) is 17.9. The lowest BCUT2D eigenvalue weighted by molar-refractivity contribution is -0.139. The first kappa shape index (κ1) is 25.6. The van der Waals surface area contributed by atoms with Gasteiger partial charge in [0, 0.05) is 24.0 Å². The van der Waals surface area contributed by atoms with Crippen LogP contribution in [0.5, 0.6) is 5.75 Å². The summed E-state index contributed by atoms with van der Waals surface area (Å²) >= 11 is 1.62. The van der Waals surface area contributed by atoms with Gasteiger partial charge in [0.2, 0.25) is 17.7 Å². The fourth-order valence-corrected chi connectivity index (χ4v) is 8.80. The van der Waals surface area contributed by atoms with Crippen LogP contribution in [0.15, 0.2) is 54.6 Å². The van der Waals surface area contributed by atoms with Crippen molar-refractivity contribution in [1.29, 1.82) is 0 Å². The molecule has 6 atom stereocenters. The summed E-state index contributed by atoms with van der Waals surface area (Å²) in [6.07, 6.45) is 0.755. The van der Waals surface area contributed by atoms with Crippen molar-refractivity contribution in [1.82, 2.24) is 10.2 Å². The van der Waals surface area contributed by atoms with Crippen LogP contribution in [0.2, 0.25) is 0 Å². The molecular weight excluding hydrogens is 490 g/mol. The maximum Gasteiger partial charge on any atom is 0.244 e. The zero-order valence-electron chi connectivity index (χ0n) is 21.1. The summed E-state index contributed by atoms with van der Waals surface area (Å²) in [7, 11) is 0. The topological polar surface area (TPSA) is 108 Å². The summed E-state index contributed by atoms with van der Waals surface area (Å²) in [4.78, 5) is 42.6. The molecule has 3 heterocycles. The van der Waals surface area contributed by atoms with E-state index in [9.17, 15) is 19.5 Å². The number of nitrogens with one attached hydrogen (secondary N) is 2. The molecule has 196 valence electrons. The van der Waals surface area contributed by atoms with Crippen molar-refractivity contribution in [3.63, 3.8) is 0 Å². The first-order valence-corrected chi connectivity index (χ1v) is 13.7. The smallest absolute Gasteiger partial charge is 0.244 e. The fraction of sp³-hybridized carbons (Fsp3) is 0.464. The molecule has 2 aromatic carbocycles. The van der Waals surface area contributed by atoms with Crippen molar-refractivity contribution >= 4 is 35.2 Å². The SMILES string of the molecule is CCOc1ccc(NC(=O)[C@@H]2[C@@H]3CC(C)C4(S3)C(C(=O)NCc3ccccc3)N(CCO)C(=O)[C@H]24)cc1. The van der Waals surface area contributed by atoms with E-state index >= 15 is 0 Å². The minimum Gasteiger partial charge on any atom is -0.494 e. The Labute approximate surface area is 221 Å². The highest BCUT2D eigenvalue weighted by Crippen LogP contribution is 2.68. The van der Waals surface area contributed by atoms with E-state index in [1.54, 1.807) is 36.0 Å². The molecular formula is C28H33N3O5S. The van der Waals surface area contributed by atoms with Crippen LogP contribution in [0.3, 0.4) is 0 Å². The summed E-state index contributed by atoms with van der Waals surface area (Å²) in [5.41, 5.74) is 1.60. The van der Waals surface area contributed by atoms with Gasteiger partial charge in [0.15, 0.2) is 0 Å². The quantitative estimate of drug-likeness (QED) is 0.467. The molecule has 3 fully saturated rings. The summed E-state index contributed by atoms with van der Waals surface area (Å²) in [6.45, 7) is 4.71. The van der Waals surface area contributed by atoms with Gasteiger partial charge >= 0.3 is 0 Å². The number of aliphatic hydroxyl groups excluding tert-OH is 1. The maximum absolute atomic E-state index is 13.8. The highest BCUT2D eigenvalue weighted by Gasteiger charge is 2.75. The van der Waals surface area contributed by atoms with E-state index in [2.05, 4.69) is 17.6 Å². The highest BCUT2D eigenvalue weighted by molar-refractivity contribution is 8.02. The number of amides is 3. The molecule has 9 heteroatoms. The summed E-state index contributed by atoms with van der Waals surface area (Å²) < 4.78 is 4.77. The number of benzene rings is 2. The fourth-order valence-electron chi connectivity index (χ4n) is 6.38. The lowest BCUT2D eigenvalue weighted by Gasteiger charge is -2.38. The van der Waals surface area contributed by atoms with E-state index in [4.69, 9.17) is 4.74 Å². The Morgan fingerprint density at radius 3 is 2.54 bits per heavy atom. The van der Waals surface area contributed by atoms with Crippen molar-refractivity contribution in [2.75, 3.05) is 25.1 Å². The number of anilines is 1. The Kier molecular flexibility index (Phi) is 7.18. The monoisotopic (exact) mass is 523 g/mol. The number of nitrogens with zero attached hydrogens (tertiary/aromatic N) is 1. The second-order valence-electron chi connectivity index (χ2n) is 9.96. The first-order valence-electron chi connectivity index (χ1n) is 12.8. The molecule has 37 heavy (non-hydrogen) atoms. The lowest BCUT2D eigenvalue weighted by atomic mass is 9.66. The summed E-state index contributed by atoms with van der Waals surface area (Å²) in [5.74, 6) is -1.03. The van der Waals surface area contributed by atoms with Gasteiger partial charge in [0.05, 0.1) is 29.8 Å². The van der Waals surface area contributed by atoms with Crippen LogP contribution in [0, 0.1) is 17.8 Å². The van der Waals surface area contributed by atoms with E-state index in [0.29, 0.717) is 18.8 Å². The van der Waals surface area contributed by atoms with Gasteiger partial charge in [-0.05, 0) is 49.1 Å². The van der Waals surface area contributed by atoms with Gasteiger partial charge in [-0.1, -0.05) is 37.3 Å². The predicted molar refractivity (Wildman–Crippen MR) is 142 cm³/mol. The Hall–Kier alpha value is -3.04. The van der Waals surface area contributed by atoms with E-state index in [-0.39, 0.29) is 42.0 Å². The molecule has 3 aliphatic rings. The van der Waals surface area contributed by atoms with Crippen molar-refractivity contribution < 1.29 is 24.2 Å². The molecule has 3 amide bonds. The zero-order chi connectivity index (χ0) is 26.2. The van der Waals surface area contributed by atoms with Crippen molar-refractivity contribution in [2.45, 2.75) is 42.9 Å². The Bertz CT molecular complexity index is 1160. The second-order valence-corrected chi connectivity index (χ2v) is 11.5. The van der Waals surface area contributed by atoms with Crippen LogP contribution < -0.4 is 15.4 Å².